The monoisotopic (exact) mass is 511 g/mol. The van der Waals surface area contributed by atoms with Crippen LogP contribution in [0, 0.1) is 17.8 Å². The second-order valence-corrected chi connectivity index (χ2v) is 10.6. The van der Waals surface area contributed by atoms with Crippen molar-refractivity contribution in [1.29, 1.82) is 0 Å². The highest BCUT2D eigenvalue weighted by molar-refractivity contribution is 7.09. The molecule has 1 aromatic rings. The van der Waals surface area contributed by atoms with Crippen LogP contribution < -0.4 is 5.32 Å². The van der Waals surface area contributed by atoms with Crippen molar-refractivity contribution in [2.75, 3.05) is 14.2 Å². The van der Waals surface area contributed by atoms with E-state index in [9.17, 15) is 19.2 Å². The van der Waals surface area contributed by atoms with Crippen LogP contribution in [0.5, 0.6) is 0 Å². The fraction of sp³-hybridized carbons (Fsp3) is 0.720. The molecule has 1 unspecified atom stereocenters. The van der Waals surface area contributed by atoms with Crippen molar-refractivity contribution in [3.8, 4) is 0 Å². The van der Waals surface area contributed by atoms with E-state index in [1.807, 2.05) is 41.5 Å². The van der Waals surface area contributed by atoms with Crippen LogP contribution in [-0.4, -0.2) is 59.9 Å². The van der Waals surface area contributed by atoms with Gasteiger partial charge in [-0.1, -0.05) is 48.0 Å². The van der Waals surface area contributed by atoms with Crippen LogP contribution in [0.4, 0.5) is 0 Å². The van der Waals surface area contributed by atoms with E-state index < -0.39 is 24.1 Å². The second kappa shape index (κ2) is 14.2. The van der Waals surface area contributed by atoms with Gasteiger partial charge in [0.1, 0.15) is 11.0 Å². The molecule has 9 nitrogen and oxygen atoms in total. The van der Waals surface area contributed by atoms with Gasteiger partial charge in [0.15, 0.2) is 11.8 Å². The summed E-state index contributed by atoms with van der Waals surface area (Å²) >= 11 is 1.20. The Labute approximate surface area is 213 Å². The topological polar surface area (TPSA) is 115 Å². The number of rotatable bonds is 13. The fourth-order valence-corrected chi connectivity index (χ4v) is 4.63. The molecule has 2 amide bonds. The first-order chi connectivity index (χ1) is 16.3. The van der Waals surface area contributed by atoms with Gasteiger partial charge in [0.25, 0.3) is 0 Å². The molecule has 1 aromatic heterocycles. The van der Waals surface area contributed by atoms with Crippen molar-refractivity contribution < 1.29 is 28.7 Å². The molecule has 1 heterocycles. The predicted molar refractivity (Wildman–Crippen MR) is 135 cm³/mol. The maximum absolute atomic E-state index is 13.6. The molecular weight excluding hydrogens is 470 g/mol. The molecule has 198 valence electrons. The molecular formula is C25H41N3O6S. The molecule has 4 atom stereocenters. The first kappa shape index (κ1) is 30.5. The van der Waals surface area contributed by atoms with Crippen LogP contribution in [0.2, 0.25) is 0 Å². The van der Waals surface area contributed by atoms with Crippen LogP contribution in [-0.2, 0) is 23.9 Å². The number of nitrogens with zero attached hydrogens (tertiary/aromatic N) is 2. The number of carbonyl (C=O) groups excluding carboxylic acids is 4. The maximum atomic E-state index is 13.6. The van der Waals surface area contributed by atoms with Crippen molar-refractivity contribution in [1.82, 2.24) is 15.2 Å². The Morgan fingerprint density at radius 3 is 2.26 bits per heavy atom. The number of carbonyl (C=O) groups is 4. The third-order valence-corrected chi connectivity index (χ3v) is 6.90. The largest absolute Gasteiger partial charge is 0.464 e. The van der Waals surface area contributed by atoms with Gasteiger partial charge in [-0.3, -0.25) is 14.4 Å². The summed E-state index contributed by atoms with van der Waals surface area (Å²) in [7, 11) is 2.98. The van der Waals surface area contributed by atoms with E-state index in [0.29, 0.717) is 17.8 Å². The second-order valence-electron chi connectivity index (χ2n) is 9.69. The highest BCUT2D eigenvalue weighted by atomic mass is 32.1. The van der Waals surface area contributed by atoms with Gasteiger partial charge in [-0.15, -0.1) is 11.3 Å². The van der Waals surface area contributed by atoms with Gasteiger partial charge in [-0.25, -0.2) is 9.78 Å². The molecule has 0 saturated carbocycles. The van der Waals surface area contributed by atoms with Gasteiger partial charge in [-0.05, 0) is 17.8 Å². The summed E-state index contributed by atoms with van der Waals surface area (Å²) in [6.07, 6.45) is 0.625. The smallest absolute Gasteiger partial charge is 0.357 e. The van der Waals surface area contributed by atoms with Crippen molar-refractivity contribution in [3.63, 3.8) is 0 Å². The SMILES string of the molecule is CC[C@H](C)C(NC(=O)CC(C)C)C(=O)N(C)[C@H](C[C@@H](OC(C)=O)c1nc(C(=O)OC)cs1)C(C)C. The Morgan fingerprint density at radius 2 is 1.77 bits per heavy atom. The zero-order valence-corrected chi connectivity index (χ0v) is 23.2. The molecule has 0 aliphatic heterocycles. The Balaban J connectivity index is 3.21. The summed E-state index contributed by atoms with van der Waals surface area (Å²) in [6.45, 7) is 13.1. The molecule has 1 N–H and O–H groups in total. The zero-order chi connectivity index (χ0) is 26.9. The number of hydrogen-bond acceptors (Lipinski definition) is 8. The quantitative estimate of drug-likeness (QED) is 0.398. The molecule has 0 bridgehead atoms. The Kier molecular flexibility index (Phi) is 12.4. The van der Waals surface area contributed by atoms with Crippen LogP contribution in [0.25, 0.3) is 0 Å². The van der Waals surface area contributed by atoms with Gasteiger partial charge in [-0.2, -0.15) is 0 Å². The lowest BCUT2D eigenvalue weighted by atomic mass is 9.93. The fourth-order valence-electron chi connectivity index (χ4n) is 3.80. The van der Waals surface area contributed by atoms with E-state index in [-0.39, 0.29) is 41.3 Å². The Bertz CT molecular complexity index is 869. The average molecular weight is 512 g/mol. The van der Waals surface area contributed by atoms with Gasteiger partial charge in [0.05, 0.1) is 7.11 Å². The van der Waals surface area contributed by atoms with Gasteiger partial charge >= 0.3 is 11.9 Å². The average Bonchev–Trinajstić information content (AvgIpc) is 3.27. The number of thiazole rings is 1. The molecule has 1 rings (SSSR count). The summed E-state index contributed by atoms with van der Waals surface area (Å²) in [5.41, 5.74) is 0.139. The van der Waals surface area contributed by atoms with E-state index in [1.54, 1.807) is 17.3 Å². The number of hydrogen-bond donors (Lipinski definition) is 1. The molecule has 0 fully saturated rings. The predicted octanol–water partition coefficient (Wildman–Crippen LogP) is 3.98. The maximum Gasteiger partial charge on any atom is 0.357 e. The molecule has 0 saturated heterocycles. The molecule has 0 aromatic carbocycles. The highest BCUT2D eigenvalue weighted by Gasteiger charge is 2.35. The van der Waals surface area contributed by atoms with Crippen molar-refractivity contribution in [2.45, 2.75) is 85.9 Å². The normalized spacial score (nSPS) is 14.7. The third kappa shape index (κ3) is 9.23. The first-order valence-electron chi connectivity index (χ1n) is 12.1. The van der Waals surface area contributed by atoms with E-state index in [1.165, 1.54) is 25.4 Å². The van der Waals surface area contributed by atoms with Crippen LogP contribution in [0.15, 0.2) is 5.38 Å². The summed E-state index contributed by atoms with van der Waals surface area (Å²) in [5, 5.41) is 4.95. The third-order valence-electron chi connectivity index (χ3n) is 5.96. The number of aromatic nitrogens is 1. The van der Waals surface area contributed by atoms with Gasteiger partial charge in [0.2, 0.25) is 11.8 Å². The highest BCUT2D eigenvalue weighted by Crippen LogP contribution is 2.31. The number of methoxy groups -OCH3 is 1. The summed E-state index contributed by atoms with van der Waals surface area (Å²) in [5.74, 6) is -1.25. The van der Waals surface area contributed by atoms with Crippen molar-refractivity contribution in [3.05, 3.63) is 16.1 Å². The van der Waals surface area contributed by atoms with Crippen molar-refractivity contribution in [2.24, 2.45) is 17.8 Å². The minimum atomic E-state index is -0.740. The van der Waals surface area contributed by atoms with Crippen molar-refractivity contribution >= 4 is 35.1 Å². The van der Waals surface area contributed by atoms with E-state index in [2.05, 4.69) is 10.3 Å². The van der Waals surface area contributed by atoms with E-state index in [4.69, 9.17) is 9.47 Å². The Morgan fingerprint density at radius 1 is 1.14 bits per heavy atom. The molecule has 0 radical (unpaired) electrons. The molecule has 35 heavy (non-hydrogen) atoms. The summed E-state index contributed by atoms with van der Waals surface area (Å²) in [6, 6.07) is -0.971. The van der Waals surface area contributed by atoms with E-state index in [0.717, 1.165) is 6.42 Å². The van der Waals surface area contributed by atoms with Gasteiger partial charge < -0.3 is 19.7 Å². The minimum absolute atomic E-state index is 0.0194. The molecule has 10 heteroatoms. The summed E-state index contributed by atoms with van der Waals surface area (Å²) < 4.78 is 10.3. The standard InChI is InChI=1S/C25H41N3O6S/c1-10-16(6)22(27-21(30)11-14(2)3)24(31)28(8)19(15(4)5)12-20(34-17(7)29)23-26-18(13-35-23)25(32)33-9/h13-16,19-20,22H,10-12H2,1-9H3,(H,27,30)/t16-,19+,20+,22?/m0/s1. The Hall–Kier alpha value is -2.49. The molecule has 0 aliphatic rings. The molecule has 0 aliphatic carbocycles. The van der Waals surface area contributed by atoms with Crippen LogP contribution >= 0.6 is 11.3 Å². The van der Waals surface area contributed by atoms with Crippen LogP contribution in [0.1, 0.15) is 89.3 Å². The lowest BCUT2D eigenvalue weighted by Crippen LogP contribution is -2.54. The van der Waals surface area contributed by atoms with Crippen LogP contribution in [0.3, 0.4) is 0 Å². The number of esters is 2. The zero-order valence-electron chi connectivity index (χ0n) is 22.4. The van der Waals surface area contributed by atoms with E-state index >= 15 is 0 Å². The number of ether oxygens (including phenoxy) is 2. The lowest BCUT2D eigenvalue weighted by Gasteiger charge is -2.37. The lowest BCUT2D eigenvalue weighted by molar-refractivity contribution is -0.149. The minimum Gasteiger partial charge on any atom is -0.464 e. The summed E-state index contributed by atoms with van der Waals surface area (Å²) in [4.78, 5) is 55.8. The number of likely N-dealkylation sites (N-methyl/N-ethyl adjacent to an activating group) is 1. The number of amides is 2. The van der Waals surface area contributed by atoms with Gasteiger partial charge in [0, 0.05) is 38.2 Å². The number of nitrogens with one attached hydrogen (secondary N) is 1. The molecule has 0 spiro atoms. The first-order valence-corrected chi connectivity index (χ1v) is 13.0.